The van der Waals surface area contributed by atoms with E-state index >= 15 is 0 Å². The molecule has 1 aliphatic carbocycles. The summed E-state index contributed by atoms with van der Waals surface area (Å²) in [5, 5.41) is 0. The Hall–Kier alpha value is -2.50. The van der Waals surface area contributed by atoms with Crippen LogP contribution in [0.2, 0.25) is 0 Å². The summed E-state index contributed by atoms with van der Waals surface area (Å²) < 4.78 is 17.9. The van der Waals surface area contributed by atoms with E-state index in [0.29, 0.717) is 13.2 Å². The van der Waals surface area contributed by atoms with Crippen LogP contribution < -0.4 is 15.0 Å². The molecule has 2 aliphatic heterocycles. The zero-order valence-electron chi connectivity index (χ0n) is 16.8. The maximum atomic E-state index is 6.46. The van der Waals surface area contributed by atoms with Gasteiger partial charge in [0.2, 0.25) is 0 Å². The molecule has 0 amide bonds. The number of fused-ring (bicyclic) bond motifs is 1. The predicted octanol–water partition coefficient (Wildman–Crippen LogP) is 4.06. The zero-order valence-corrected chi connectivity index (χ0v) is 16.8. The Kier molecular flexibility index (Phi) is 4.94. The minimum absolute atomic E-state index is 0.128. The van der Waals surface area contributed by atoms with Crippen LogP contribution in [0, 0.1) is 0 Å². The van der Waals surface area contributed by atoms with Crippen molar-refractivity contribution in [1.82, 2.24) is 5.48 Å². The van der Waals surface area contributed by atoms with E-state index < -0.39 is 0 Å². The summed E-state index contributed by atoms with van der Waals surface area (Å²) in [5.74, 6) is 1.59. The Balaban J connectivity index is 1.39. The number of hydroxylamine groups is 1. The van der Waals surface area contributed by atoms with Crippen LogP contribution in [0.4, 0.5) is 0 Å². The molecule has 1 N–H and O–H groups in total. The summed E-state index contributed by atoms with van der Waals surface area (Å²) in [6, 6.07) is 14.7. The lowest BCUT2D eigenvalue weighted by atomic mass is 10.0. The summed E-state index contributed by atoms with van der Waals surface area (Å²) in [6.07, 6.45) is 5.94. The number of nitrogens with one attached hydrogen (secondary N) is 1. The van der Waals surface area contributed by atoms with Crippen LogP contribution in [0.3, 0.4) is 0 Å². The predicted molar refractivity (Wildman–Crippen MR) is 111 cm³/mol. The Morgan fingerprint density at radius 2 is 1.93 bits per heavy atom. The Morgan fingerprint density at radius 3 is 2.66 bits per heavy atom. The average Bonchev–Trinajstić information content (AvgIpc) is 3.47. The Labute approximate surface area is 171 Å². The second-order valence-corrected chi connectivity index (χ2v) is 8.06. The highest BCUT2D eigenvalue weighted by atomic mass is 16.7. The summed E-state index contributed by atoms with van der Waals surface area (Å²) in [5.41, 5.74) is 7.48. The lowest BCUT2D eigenvalue weighted by molar-refractivity contribution is -0.0373. The van der Waals surface area contributed by atoms with Gasteiger partial charge in [0.1, 0.15) is 11.7 Å². The van der Waals surface area contributed by atoms with E-state index in [2.05, 4.69) is 54.9 Å². The maximum Gasteiger partial charge on any atom is 0.162 e. The molecule has 5 rings (SSSR count). The van der Waals surface area contributed by atoms with E-state index in [1.807, 2.05) is 6.07 Å². The topological polar surface area (TPSA) is 49.0 Å². The van der Waals surface area contributed by atoms with Crippen molar-refractivity contribution in [2.45, 2.75) is 44.3 Å². The SMILES string of the molecule is CCCOc1ccc(C2=CC3(CCOC3)ON2)cc1OC1Cc2ccccc2C1. The number of rotatable bonds is 6. The molecule has 2 aromatic carbocycles. The van der Waals surface area contributed by atoms with Crippen molar-refractivity contribution in [1.29, 1.82) is 0 Å². The van der Waals surface area contributed by atoms with Crippen molar-refractivity contribution in [3.05, 3.63) is 65.2 Å². The average molecular weight is 393 g/mol. The minimum Gasteiger partial charge on any atom is -0.490 e. The van der Waals surface area contributed by atoms with Gasteiger partial charge in [-0.25, -0.2) is 0 Å². The smallest absolute Gasteiger partial charge is 0.162 e. The van der Waals surface area contributed by atoms with Crippen LogP contribution in [0.5, 0.6) is 11.5 Å². The van der Waals surface area contributed by atoms with Gasteiger partial charge in [-0.1, -0.05) is 31.2 Å². The van der Waals surface area contributed by atoms with Gasteiger partial charge in [-0.3, -0.25) is 10.3 Å². The van der Waals surface area contributed by atoms with Crippen LogP contribution >= 0.6 is 0 Å². The number of hydrogen-bond acceptors (Lipinski definition) is 5. The van der Waals surface area contributed by atoms with Gasteiger partial charge in [0, 0.05) is 31.4 Å². The summed E-state index contributed by atoms with van der Waals surface area (Å²) >= 11 is 0. The van der Waals surface area contributed by atoms with Crippen LogP contribution in [0.25, 0.3) is 5.70 Å². The molecule has 5 heteroatoms. The van der Waals surface area contributed by atoms with Crippen molar-refractivity contribution in [2.75, 3.05) is 19.8 Å². The lowest BCUT2D eigenvalue weighted by Gasteiger charge is -2.18. The molecule has 0 bridgehead atoms. The van der Waals surface area contributed by atoms with Crippen LogP contribution in [0.15, 0.2) is 48.5 Å². The molecule has 1 fully saturated rings. The third-order valence-electron chi connectivity index (χ3n) is 5.81. The monoisotopic (exact) mass is 393 g/mol. The third-order valence-corrected chi connectivity index (χ3v) is 5.81. The molecule has 2 heterocycles. The Morgan fingerprint density at radius 1 is 1.10 bits per heavy atom. The molecule has 29 heavy (non-hydrogen) atoms. The maximum absolute atomic E-state index is 6.46. The molecule has 3 aliphatic rings. The normalized spacial score (nSPS) is 23.1. The van der Waals surface area contributed by atoms with Gasteiger partial charge < -0.3 is 14.2 Å². The van der Waals surface area contributed by atoms with Crippen molar-refractivity contribution in [3.8, 4) is 11.5 Å². The van der Waals surface area contributed by atoms with Gasteiger partial charge in [0.05, 0.1) is 18.9 Å². The fraction of sp³-hybridized carbons (Fsp3) is 0.417. The minimum atomic E-state index is -0.346. The molecule has 1 unspecified atom stereocenters. The molecule has 1 atom stereocenters. The van der Waals surface area contributed by atoms with E-state index in [-0.39, 0.29) is 11.7 Å². The summed E-state index contributed by atoms with van der Waals surface area (Å²) in [6.45, 7) is 4.10. The van der Waals surface area contributed by atoms with Gasteiger partial charge in [-0.2, -0.15) is 0 Å². The highest BCUT2D eigenvalue weighted by Crippen LogP contribution is 2.37. The number of hydrogen-bond donors (Lipinski definition) is 1. The van der Waals surface area contributed by atoms with Gasteiger partial charge in [-0.05, 0) is 41.8 Å². The molecule has 0 aromatic heterocycles. The molecule has 0 saturated carbocycles. The molecular weight excluding hydrogens is 366 g/mol. The number of benzene rings is 2. The van der Waals surface area contributed by atoms with E-state index in [1.54, 1.807) is 0 Å². The first-order valence-corrected chi connectivity index (χ1v) is 10.5. The quantitative estimate of drug-likeness (QED) is 0.802. The third kappa shape index (κ3) is 3.72. The second-order valence-electron chi connectivity index (χ2n) is 8.06. The zero-order chi connectivity index (χ0) is 19.7. The first-order valence-electron chi connectivity index (χ1n) is 10.5. The standard InChI is InChI=1S/C24H27NO4/c1-2-10-27-22-8-7-19(21-15-24(29-25-21)9-11-26-16-24)14-23(22)28-20-12-17-5-3-4-6-18(17)13-20/h3-8,14-15,20,25H,2,9-13,16H2,1H3. The summed E-state index contributed by atoms with van der Waals surface area (Å²) in [4.78, 5) is 5.84. The first-order chi connectivity index (χ1) is 14.2. The van der Waals surface area contributed by atoms with Gasteiger partial charge >= 0.3 is 0 Å². The molecule has 0 radical (unpaired) electrons. The van der Waals surface area contributed by atoms with E-state index in [9.17, 15) is 0 Å². The van der Waals surface area contributed by atoms with E-state index in [1.165, 1.54) is 11.1 Å². The molecule has 2 aromatic rings. The first kappa shape index (κ1) is 18.5. The second kappa shape index (κ2) is 7.73. The molecule has 152 valence electrons. The fourth-order valence-electron chi connectivity index (χ4n) is 4.26. The van der Waals surface area contributed by atoms with Gasteiger partial charge in [0.25, 0.3) is 0 Å². The van der Waals surface area contributed by atoms with E-state index in [0.717, 1.165) is 55.0 Å². The molecule has 1 saturated heterocycles. The van der Waals surface area contributed by atoms with Crippen molar-refractivity contribution in [2.24, 2.45) is 0 Å². The van der Waals surface area contributed by atoms with Crippen molar-refractivity contribution < 1.29 is 19.0 Å². The lowest BCUT2D eigenvalue weighted by Crippen LogP contribution is -2.29. The molecular formula is C24H27NO4. The van der Waals surface area contributed by atoms with E-state index in [4.69, 9.17) is 19.0 Å². The number of ether oxygens (including phenoxy) is 3. The van der Waals surface area contributed by atoms with Crippen molar-refractivity contribution in [3.63, 3.8) is 0 Å². The van der Waals surface area contributed by atoms with Crippen LogP contribution in [-0.4, -0.2) is 31.5 Å². The summed E-state index contributed by atoms with van der Waals surface area (Å²) in [7, 11) is 0. The largest absolute Gasteiger partial charge is 0.490 e. The Bertz CT molecular complexity index is 892. The highest BCUT2D eigenvalue weighted by Gasteiger charge is 2.39. The highest BCUT2D eigenvalue weighted by molar-refractivity contribution is 5.68. The van der Waals surface area contributed by atoms with Gasteiger partial charge in [-0.15, -0.1) is 0 Å². The molecule has 1 spiro atoms. The van der Waals surface area contributed by atoms with Crippen molar-refractivity contribution >= 4 is 5.70 Å². The molecule has 5 nitrogen and oxygen atoms in total. The van der Waals surface area contributed by atoms with Crippen LogP contribution in [-0.2, 0) is 22.4 Å². The van der Waals surface area contributed by atoms with Gasteiger partial charge in [0.15, 0.2) is 11.5 Å². The fourth-order valence-corrected chi connectivity index (χ4v) is 4.26. The van der Waals surface area contributed by atoms with Crippen LogP contribution in [0.1, 0.15) is 36.5 Å².